The highest BCUT2D eigenvalue weighted by Gasteiger charge is 2.29. The summed E-state index contributed by atoms with van der Waals surface area (Å²) in [5.74, 6) is 0.314. The normalized spacial score (nSPS) is 22.6. The molecule has 1 heterocycles. The molecular formula is C19H23NO2. The predicted octanol–water partition coefficient (Wildman–Crippen LogP) is 3.18. The number of aliphatic hydroxyl groups excluding tert-OH is 1. The van der Waals surface area contributed by atoms with Crippen LogP contribution in [0.1, 0.15) is 36.5 Å². The Bertz CT molecular complexity index is 582. The molecule has 3 rings (SSSR count). The van der Waals surface area contributed by atoms with Gasteiger partial charge in [0.1, 0.15) is 5.75 Å². The third-order valence-electron chi connectivity index (χ3n) is 4.52. The molecule has 3 unspecified atom stereocenters. The van der Waals surface area contributed by atoms with Crippen molar-refractivity contribution in [3.05, 3.63) is 65.7 Å². The Morgan fingerprint density at radius 2 is 1.73 bits per heavy atom. The Kier molecular flexibility index (Phi) is 4.76. The zero-order valence-corrected chi connectivity index (χ0v) is 12.7. The molecule has 3 atom stereocenters. The summed E-state index contributed by atoms with van der Waals surface area (Å²) >= 11 is 0. The molecule has 0 spiro atoms. The number of aromatic hydroxyl groups is 1. The van der Waals surface area contributed by atoms with Crippen molar-refractivity contribution in [2.24, 2.45) is 0 Å². The maximum absolute atomic E-state index is 10.5. The van der Waals surface area contributed by atoms with Gasteiger partial charge in [0.25, 0.3) is 0 Å². The molecule has 1 saturated heterocycles. The molecule has 2 aromatic carbocycles. The minimum Gasteiger partial charge on any atom is -0.508 e. The van der Waals surface area contributed by atoms with E-state index in [9.17, 15) is 10.2 Å². The predicted molar refractivity (Wildman–Crippen MR) is 87.8 cm³/mol. The number of phenolic OH excluding ortho intramolecular Hbond substituents is 1. The third kappa shape index (κ3) is 3.67. The summed E-state index contributed by atoms with van der Waals surface area (Å²) < 4.78 is 0. The van der Waals surface area contributed by atoms with Gasteiger partial charge in [0, 0.05) is 12.1 Å². The molecule has 3 nitrogen and oxygen atoms in total. The summed E-state index contributed by atoms with van der Waals surface area (Å²) in [5, 5.41) is 23.3. The molecule has 2 aromatic rings. The Labute approximate surface area is 131 Å². The van der Waals surface area contributed by atoms with Crippen LogP contribution < -0.4 is 5.32 Å². The van der Waals surface area contributed by atoms with E-state index < -0.39 is 6.10 Å². The zero-order chi connectivity index (χ0) is 15.4. The fourth-order valence-electron chi connectivity index (χ4n) is 3.21. The van der Waals surface area contributed by atoms with E-state index in [1.54, 1.807) is 12.1 Å². The Balaban J connectivity index is 1.51. The zero-order valence-electron chi connectivity index (χ0n) is 12.7. The number of aliphatic hydroxyl groups is 1. The van der Waals surface area contributed by atoms with Crippen molar-refractivity contribution >= 4 is 0 Å². The standard InChI is InChI=1S/C19H23NO2/c21-17-11-7-14(8-12-17)6-9-16-10-13-18(20-16)19(22)15-4-2-1-3-5-15/h1-5,7-8,11-12,16,18-22H,6,9-10,13H2. The van der Waals surface area contributed by atoms with Crippen LogP contribution in [0, 0.1) is 0 Å². The molecule has 0 saturated carbocycles. The van der Waals surface area contributed by atoms with Crippen molar-refractivity contribution in [1.29, 1.82) is 0 Å². The van der Waals surface area contributed by atoms with Crippen LogP contribution in [0.3, 0.4) is 0 Å². The van der Waals surface area contributed by atoms with Gasteiger partial charge in [0.05, 0.1) is 6.10 Å². The molecule has 1 fully saturated rings. The summed E-state index contributed by atoms with van der Waals surface area (Å²) in [5.41, 5.74) is 2.23. The number of benzene rings is 2. The van der Waals surface area contributed by atoms with Gasteiger partial charge in [-0.2, -0.15) is 0 Å². The lowest BCUT2D eigenvalue weighted by Crippen LogP contribution is -2.34. The molecule has 1 aliphatic rings. The SMILES string of the molecule is Oc1ccc(CCC2CCC(C(O)c3ccccc3)N2)cc1. The van der Waals surface area contributed by atoms with Gasteiger partial charge in [-0.05, 0) is 48.9 Å². The van der Waals surface area contributed by atoms with Gasteiger partial charge in [-0.3, -0.25) is 0 Å². The summed E-state index contributed by atoms with van der Waals surface area (Å²) in [6.45, 7) is 0. The number of phenols is 1. The minimum atomic E-state index is -0.431. The maximum Gasteiger partial charge on any atom is 0.115 e. The van der Waals surface area contributed by atoms with Gasteiger partial charge in [-0.15, -0.1) is 0 Å². The molecule has 3 N–H and O–H groups in total. The second-order valence-electron chi connectivity index (χ2n) is 6.11. The number of hydrogen-bond acceptors (Lipinski definition) is 3. The fraction of sp³-hybridized carbons (Fsp3) is 0.368. The molecule has 22 heavy (non-hydrogen) atoms. The molecule has 0 aliphatic carbocycles. The van der Waals surface area contributed by atoms with Crippen LogP contribution in [-0.2, 0) is 6.42 Å². The number of aryl methyl sites for hydroxylation is 1. The van der Waals surface area contributed by atoms with Gasteiger partial charge >= 0.3 is 0 Å². The van der Waals surface area contributed by atoms with E-state index in [1.807, 2.05) is 42.5 Å². The van der Waals surface area contributed by atoms with Crippen LogP contribution in [0.4, 0.5) is 0 Å². The van der Waals surface area contributed by atoms with Crippen molar-refractivity contribution in [2.45, 2.75) is 43.9 Å². The van der Waals surface area contributed by atoms with Gasteiger partial charge in [-0.1, -0.05) is 42.5 Å². The quantitative estimate of drug-likeness (QED) is 0.794. The smallest absolute Gasteiger partial charge is 0.115 e. The Morgan fingerprint density at radius 1 is 1.00 bits per heavy atom. The van der Waals surface area contributed by atoms with E-state index in [1.165, 1.54) is 5.56 Å². The highest BCUT2D eigenvalue weighted by atomic mass is 16.3. The van der Waals surface area contributed by atoms with Crippen LogP contribution in [-0.4, -0.2) is 22.3 Å². The van der Waals surface area contributed by atoms with Crippen LogP contribution in [0.25, 0.3) is 0 Å². The number of nitrogens with one attached hydrogen (secondary N) is 1. The summed E-state index contributed by atoms with van der Waals surface area (Å²) in [4.78, 5) is 0. The van der Waals surface area contributed by atoms with Gasteiger partial charge in [0.15, 0.2) is 0 Å². The second-order valence-corrected chi connectivity index (χ2v) is 6.11. The van der Waals surface area contributed by atoms with E-state index in [4.69, 9.17) is 0 Å². The van der Waals surface area contributed by atoms with E-state index in [0.29, 0.717) is 11.8 Å². The first-order valence-corrected chi connectivity index (χ1v) is 7.99. The fourth-order valence-corrected chi connectivity index (χ4v) is 3.21. The maximum atomic E-state index is 10.5. The second kappa shape index (κ2) is 6.95. The Hall–Kier alpha value is -1.84. The monoisotopic (exact) mass is 297 g/mol. The van der Waals surface area contributed by atoms with Crippen molar-refractivity contribution in [3.8, 4) is 5.75 Å². The molecule has 0 amide bonds. The van der Waals surface area contributed by atoms with Crippen LogP contribution in [0.2, 0.25) is 0 Å². The highest BCUT2D eigenvalue weighted by Crippen LogP contribution is 2.27. The number of hydrogen-bond donors (Lipinski definition) is 3. The molecular weight excluding hydrogens is 274 g/mol. The lowest BCUT2D eigenvalue weighted by molar-refractivity contribution is 0.135. The lowest BCUT2D eigenvalue weighted by Gasteiger charge is -2.20. The van der Waals surface area contributed by atoms with Crippen molar-refractivity contribution in [2.75, 3.05) is 0 Å². The van der Waals surface area contributed by atoms with E-state index >= 15 is 0 Å². The lowest BCUT2D eigenvalue weighted by atomic mass is 10.0. The van der Waals surface area contributed by atoms with Crippen LogP contribution >= 0.6 is 0 Å². The molecule has 0 radical (unpaired) electrons. The van der Waals surface area contributed by atoms with Gasteiger partial charge in [0.2, 0.25) is 0 Å². The van der Waals surface area contributed by atoms with Crippen LogP contribution in [0.5, 0.6) is 5.75 Å². The van der Waals surface area contributed by atoms with E-state index in [2.05, 4.69) is 5.32 Å². The summed E-state index contributed by atoms with van der Waals surface area (Å²) in [6, 6.07) is 17.9. The topological polar surface area (TPSA) is 52.5 Å². The first-order valence-electron chi connectivity index (χ1n) is 7.99. The minimum absolute atomic E-state index is 0.146. The molecule has 116 valence electrons. The molecule has 3 heteroatoms. The Morgan fingerprint density at radius 3 is 2.45 bits per heavy atom. The summed E-state index contributed by atoms with van der Waals surface area (Å²) in [6.07, 6.45) is 3.73. The largest absolute Gasteiger partial charge is 0.508 e. The average Bonchev–Trinajstić information content (AvgIpc) is 3.03. The third-order valence-corrected chi connectivity index (χ3v) is 4.52. The van der Waals surface area contributed by atoms with Crippen molar-refractivity contribution in [1.82, 2.24) is 5.32 Å². The molecule has 0 bridgehead atoms. The summed E-state index contributed by atoms with van der Waals surface area (Å²) in [7, 11) is 0. The van der Waals surface area contributed by atoms with Crippen LogP contribution in [0.15, 0.2) is 54.6 Å². The highest BCUT2D eigenvalue weighted by molar-refractivity contribution is 5.26. The van der Waals surface area contributed by atoms with E-state index in [0.717, 1.165) is 31.2 Å². The van der Waals surface area contributed by atoms with Crippen molar-refractivity contribution < 1.29 is 10.2 Å². The van der Waals surface area contributed by atoms with E-state index in [-0.39, 0.29) is 6.04 Å². The molecule has 1 aliphatic heterocycles. The van der Waals surface area contributed by atoms with Gasteiger partial charge < -0.3 is 15.5 Å². The first-order chi connectivity index (χ1) is 10.7. The van der Waals surface area contributed by atoms with Crippen molar-refractivity contribution in [3.63, 3.8) is 0 Å². The first kappa shape index (κ1) is 15.1. The average molecular weight is 297 g/mol. The number of rotatable bonds is 5. The molecule has 0 aromatic heterocycles. The van der Waals surface area contributed by atoms with Gasteiger partial charge in [-0.25, -0.2) is 0 Å².